The summed E-state index contributed by atoms with van der Waals surface area (Å²) in [4.78, 5) is 23.9. The van der Waals surface area contributed by atoms with Gasteiger partial charge in [0, 0.05) is 17.1 Å². The second-order valence-corrected chi connectivity index (χ2v) is 7.15. The highest BCUT2D eigenvalue weighted by molar-refractivity contribution is 6.30. The van der Waals surface area contributed by atoms with Crippen LogP contribution >= 0.6 is 11.6 Å². The first-order valence-electron chi connectivity index (χ1n) is 9.66. The Labute approximate surface area is 181 Å². The monoisotopic (exact) mass is 422 g/mol. The number of benzene rings is 3. The van der Waals surface area contributed by atoms with Gasteiger partial charge in [-0.05, 0) is 47.9 Å². The molecule has 0 fully saturated rings. The van der Waals surface area contributed by atoms with Crippen LogP contribution in [0.3, 0.4) is 0 Å². The standard InChI is InChI=1S/C24H23ClN2O3/c25-21-8-4-7-20(15-21)24(29)27-16-23(28)26-14-13-18-9-11-22(12-10-18)30-17-19-5-2-1-3-6-19/h1-12,15H,13-14,16-17H2,(H,26,28)(H,27,29). The van der Waals surface area contributed by atoms with Crippen LogP contribution in [-0.4, -0.2) is 24.9 Å². The van der Waals surface area contributed by atoms with Crippen molar-refractivity contribution in [3.05, 3.63) is 101 Å². The van der Waals surface area contributed by atoms with Gasteiger partial charge in [0.1, 0.15) is 12.4 Å². The topological polar surface area (TPSA) is 67.4 Å². The molecule has 0 spiro atoms. The molecule has 0 aromatic heterocycles. The van der Waals surface area contributed by atoms with Crippen molar-refractivity contribution in [3.8, 4) is 5.75 Å². The van der Waals surface area contributed by atoms with E-state index in [0.29, 0.717) is 30.2 Å². The molecule has 3 aromatic carbocycles. The lowest BCUT2D eigenvalue weighted by molar-refractivity contribution is -0.120. The summed E-state index contributed by atoms with van der Waals surface area (Å²) in [5, 5.41) is 5.86. The summed E-state index contributed by atoms with van der Waals surface area (Å²) in [6, 6.07) is 24.4. The largest absolute Gasteiger partial charge is 0.489 e. The number of halogens is 1. The molecule has 0 saturated heterocycles. The number of hydrogen-bond acceptors (Lipinski definition) is 3. The predicted octanol–water partition coefficient (Wildman–Crippen LogP) is 4.01. The normalized spacial score (nSPS) is 10.3. The lowest BCUT2D eigenvalue weighted by Crippen LogP contribution is -2.37. The number of carbonyl (C=O) groups excluding carboxylic acids is 2. The minimum atomic E-state index is -0.334. The summed E-state index contributed by atoms with van der Waals surface area (Å²) in [6.07, 6.45) is 0.687. The number of hydrogen-bond donors (Lipinski definition) is 2. The fourth-order valence-electron chi connectivity index (χ4n) is 2.79. The molecule has 2 amide bonds. The summed E-state index contributed by atoms with van der Waals surface area (Å²) in [5.41, 5.74) is 2.63. The third-order valence-electron chi connectivity index (χ3n) is 4.40. The van der Waals surface area contributed by atoms with Crippen molar-refractivity contribution < 1.29 is 14.3 Å². The van der Waals surface area contributed by atoms with Crippen molar-refractivity contribution in [1.29, 1.82) is 0 Å². The van der Waals surface area contributed by atoms with Crippen LogP contribution in [0.1, 0.15) is 21.5 Å². The molecule has 3 rings (SSSR count). The van der Waals surface area contributed by atoms with Crippen LogP contribution in [0.4, 0.5) is 0 Å². The van der Waals surface area contributed by atoms with Crippen molar-refractivity contribution in [2.45, 2.75) is 13.0 Å². The lowest BCUT2D eigenvalue weighted by Gasteiger charge is -2.09. The zero-order valence-corrected chi connectivity index (χ0v) is 17.2. The Kier molecular flexibility index (Phi) is 7.86. The van der Waals surface area contributed by atoms with E-state index in [9.17, 15) is 9.59 Å². The molecule has 0 unspecified atom stereocenters. The van der Waals surface area contributed by atoms with Gasteiger partial charge in [-0.3, -0.25) is 9.59 Å². The lowest BCUT2D eigenvalue weighted by atomic mass is 10.1. The number of ether oxygens (including phenoxy) is 1. The van der Waals surface area contributed by atoms with Crippen LogP contribution in [0.2, 0.25) is 5.02 Å². The SMILES string of the molecule is O=C(CNC(=O)c1cccc(Cl)c1)NCCc1ccc(OCc2ccccc2)cc1. The number of nitrogens with one attached hydrogen (secondary N) is 2. The Bertz CT molecular complexity index is 975. The number of carbonyl (C=O) groups is 2. The molecule has 0 aliphatic rings. The summed E-state index contributed by atoms with van der Waals surface area (Å²) in [6.45, 7) is 0.921. The Balaban J connectivity index is 1.35. The minimum Gasteiger partial charge on any atom is -0.489 e. The summed E-state index contributed by atoms with van der Waals surface area (Å²) < 4.78 is 5.77. The molecule has 5 nitrogen and oxygen atoms in total. The summed E-state index contributed by atoms with van der Waals surface area (Å²) >= 11 is 5.87. The molecule has 0 heterocycles. The van der Waals surface area contributed by atoms with Gasteiger partial charge in [0.2, 0.25) is 5.91 Å². The molecule has 0 aliphatic heterocycles. The summed E-state index contributed by atoms with van der Waals surface area (Å²) in [7, 11) is 0. The molecule has 0 atom stereocenters. The molecule has 0 radical (unpaired) electrons. The van der Waals surface area contributed by atoms with E-state index >= 15 is 0 Å². The van der Waals surface area contributed by atoms with Crippen LogP contribution in [0.5, 0.6) is 5.75 Å². The minimum absolute atomic E-state index is 0.0857. The van der Waals surface area contributed by atoms with Crippen molar-refractivity contribution in [2.75, 3.05) is 13.1 Å². The van der Waals surface area contributed by atoms with Crippen LogP contribution in [0.15, 0.2) is 78.9 Å². The van der Waals surface area contributed by atoms with Gasteiger partial charge >= 0.3 is 0 Å². The van der Waals surface area contributed by atoms with Gasteiger partial charge in [0.25, 0.3) is 5.91 Å². The number of amides is 2. The molecule has 0 bridgehead atoms. The summed E-state index contributed by atoms with van der Waals surface area (Å²) in [5.74, 6) is 0.224. The van der Waals surface area contributed by atoms with Gasteiger partial charge in [-0.2, -0.15) is 0 Å². The second kappa shape index (κ2) is 11.0. The Morgan fingerprint density at radius 3 is 2.33 bits per heavy atom. The highest BCUT2D eigenvalue weighted by atomic mass is 35.5. The number of rotatable bonds is 9. The van der Waals surface area contributed by atoms with Crippen LogP contribution in [0, 0.1) is 0 Å². The molecular formula is C24H23ClN2O3. The maximum absolute atomic E-state index is 12.0. The molecule has 2 N–H and O–H groups in total. The van der Waals surface area contributed by atoms with Crippen molar-refractivity contribution in [2.24, 2.45) is 0 Å². The van der Waals surface area contributed by atoms with Crippen molar-refractivity contribution >= 4 is 23.4 Å². The Hall–Kier alpha value is -3.31. The average molecular weight is 423 g/mol. The third kappa shape index (κ3) is 6.94. The fraction of sp³-hybridized carbons (Fsp3) is 0.167. The van der Waals surface area contributed by atoms with Crippen LogP contribution in [-0.2, 0) is 17.8 Å². The average Bonchev–Trinajstić information content (AvgIpc) is 2.77. The predicted molar refractivity (Wildman–Crippen MR) is 118 cm³/mol. The van der Waals surface area contributed by atoms with Crippen LogP contribution in [0.25, 0.3) is 0 Å². The van der Waals surface area contributed by atoms with Gasteiger partial charge < -0.3 is 15.4 Å². The molecule has 0 saturated carbocycles. The van der Waals surface area contributed by atoms with E-state index in [1.165, 1.54) is 0 Å². The van der Waals surface area contributed by atoms with E-state index in [1.54, 1.807) is 24.3 Å². The third-order valence-corrected chi connectivity index (χ3v) is 4.64. The smallest absolute Gasteiger partial charge is 0.251 e. The first-order chi connectivity index (χ1) is 14.6. The Morgan fingerprint density at radius 2 is 1.60 bits per heavy atom. The van der Waals surface area contributed by atoms with E-state index in [2.05, 4.69) is 10.6 Å². The highest BCUT2D eigenvalue weighted by Crippen LogP contribution is 2.14. The first-order valence-corrected chi connectivity index (χ1v) is 10.0. The van der Waals surface area contributed by atoms with Crippen LogP contribution < -0.4 is 15.4 Å². The van der Waals surface area contributed by atoms with Gasteiger partial charge in [-0.1, -0.05) is 60.1 Å². The molecule has 0 aliphatic carbocycles. The highest BCUT2D eigenvalue weighted by Gasteiger charge is 2.08. The van der Waals surface area contributed by atoms with Crippen molar-refractivity contribution in [3.63, 3.8) is 0 Å². The maximum atomic E-state index is 12.0. The molecule has 3 aromatic rings. The van der Waals surface area contributed by atoms with Gasteiger partial charge in [-0.25, -0.2) is 0 Å². The first kappa shape index (κ1) is 21.4. The maximum Gasteiger partial charge on any atom is 0.251 e. The quantitative estimate of drug-likeness (QED) is 0.547. The molecule has 154 valence electrons. The van der Waals surface area contributed by atoms with E-state index in [4.69, 9.17) is 16.3 Å². The van der Waals surface area contributed by atoms with Gasteiger partial charge in [0.05, 0.1) is 6.54 Å². The molecule has 30 heavy (non-hydrogen) atoms. The molecule has 6 heteroatoms. The van der Waals surface area contributed by atoms with E-state index in [-0.39, 0.29) is 18.4 Å². The zero-order chi connectivity index (χ0) is 21.2. The van der Waals surface area contributed by atoms with Gasteiger partial charge in [-0.15, -0.1) is 0 Å². The van der Waals surface area contributed by atoms with Gasteiger partial charge in [0.15, 0.2) is 0 Å². The zero-order valence-electron chi connectivity index (χ0n) is 16.4. The van der Waals surface area contributed by atoms with E-state index < -0.39 is 0 Å². The second-order valence-electron chi connectivity index (χ2n) is 6.71. The fourth-order valence-corrected chi connectivity index (χ4v) is 2.98. The van der Waals surface area contributed by atoms with Crippen molar-refractivity contribution in [1.82, 2.24) is 10.6 Å². The van der Waals surface area contributed by atoms with E-state index in [0.717, 1.165) is 16.9 Å². The Morgan fingerprint density at radius 1 is 0.833 bits per heavy atom. The molecular weight excluding hydrogens is 400 g/mol. The van der Waals surface area contributed by atoms with E-state index in [1.807, 2.05) is 54.6 Å².